The van der Waals surface area contributed by atoms with E-state index in [-0.39, 0.29) is 0 Å². The van der Waals surface area contributed by atoms with Gasteiger partial charge in [-0.3, -0.25) is 4.98 Å². The Labute approximate surface area is 130 Å². The first-order chi connectivity index (χ1) is 10.2. The first kappa shape index (κ1) is 16.3. The lowest BCUT2D eigenvalue weighted by Gasteiger charge is -2.42. The lowest BCUT2D eigenvalue weighted by Crippen LogP contribution is -2.40. The van der Waals surface area contributed by atoms with Gasteiger partial charge in [0.2, 0.25) is 0 Å². The fraction of sp³-hybridized carbons (Fsp3) is 0.722. The van der Waals surface area contributed by atoms with Gasteiger partial charge in [-0.1, -0.05) is 33.6 Å². The smallest absolute Gasteiger partial charge is 0.0598 e. The largest absolute Gasteiger partial charge is 0.370 e. The predicted octanol–water partition coefficient (Wildman–Crippen LogP) is 3.99. The molecule has 1 aromatic rings. The molecular formula is C18H31N3. The lowest BCUT2D eigenvalue weighted by atomic mass is 9.74. The zero-order chi connectivity index (χ0) is 15.1. The molecule has 0 bridgehead atoms. The van der Waals surface area contributed by atoms with Gasteiger partial charge in [0.15, 0.2) is 0 Å². The van der Waals surface area contributed by atoms with E-state index in [0.717, 1.165) is 13.1 Å². The SMILES string of the molecule is CCCNCc1ccncc1N1CCC(CC)(CC)CC1. The Morgan fingerprint density at radius 1 is 1.19 bits per heavy atom. The highest BCUT2D eigenvalue weighted by molar-refractivity contribution is 5.52. The van der Waals surface area contributed by atoms with E-state index in [9.17, 15) is 0 Å². The number of rotatable bonds is 7. The number of hydrogen-bond donors (Lipinski definition) is 1. The van der Waals surface area contributed by atoms with Gasteiger partial charge in [0.25, 0.3) is 0 Å². The molecule has 1 fully saturated rings. The quantitative estimate of drug-likeness (QED) is 0.769. The summed E-state index contributed by atoms with van der Waals surface area (Å²) in [6.07, 6.45) is 10.4. The zero-order valence-electron chi connectivity index (χ0n) is 14.0. The van der Waals surface area contributed by atoms with Crippen molar-refractivity contribution in [2.75, 3.05) is 24.5 Å². The second kappa shape index (κ2) is 7.79. The Hall–Kier alpha value is -1.09. The molecule has 118 valence electrons. The van der Waals surface area contributed by atoms with Crippen LogP contribution in [0.3, 0.4) is 0 Å². The summed E-state index contributed by atoms with van der Waals surface area (Å²) >= 11 is 0. The maximum Gasteiger partial charge on any atom is 0.0598 e. The van der Waals surface area contributed by atoms with Gasteiger partial charge in [0, 0.05) is 25.8 Å². The van der Waals surface area contributed by atoms with Gasteiger partial charge < -0.3 is 10.2 Å². The molecule has 21 heavy (non-hydrogen) atoms. The lowest BCUT2D eigenvalue weighted by molar-refractivity contribution is 0.199. The van der Waals surface area contributed by atoms with Gasteiger partial charge in [-0.25, -0.2) is 0 Å². The number of nitrogens with zero attached hydrogens (tertiary/aromatic N) is 2. The average molecular weight is 289 g/mol. The van der Waals surface area contributed by atoms with Crippen LogP contribution in [0.5, 0.6) is 0 Å². The summed E-state index contributed by atoms with van der Waals surface area (Å²) in [7, 11) is 0. The number of anilines is 1. The summed E-state index contributed by atoms with van der Waals surface area (Å²) in [6.45, 7) is 11.3. The third kappa shape index (κ3) is 3.97. The van der Waals surface area contributed by atoms with Crippen LogP contribution in [-0.2, 0) is 6.54 Å². The summed E-state index contributed by atoms with van der Waals surface area (Å²) in [4.78, 5) is 6.90. The van der Waals surface area contributed by atoms with Crippen molar-refractivity contribution in [3.63, 3.8) is 0 Å². The standard InChI is InChI=1S/C18H31N3/c1-4-10-19-14-16-7-11-20-15-17(16)21-12-8-18(5-2,6-3)9-13-21/h7,11,15,19H,4-6,8-10,12-14H2,1-3H3. The van der Waals surface area contributed by atoms with E-state index in [0.29, 0.717) is 5.41 Å². The van der Waals surface area contributed by atoms with Crippen LogP contribution in [0.25, 0.3) is 0 Å². The van der Waals surface area contributed by atoms with Crippen LogP contribution < -0.4 is 10.2 Å². The van der Waals surface area contributed by atoms with E-state index < -0.39 is 0 Å². The molecule has 1 N–H and O–H groups in total. The zero-order valence-corrected chi connectivity index (χ0v) is 14.0. The van der Waals surface area contributed by atoms with E-state index in [2.05, 4.69) is 42.0 Å². The third-order valence-corrected chi connectivity index (χ3v) is 5.29. The van der Waals surface area contributed by atoms with Crippen molar-refractivity contribution >= 4 is 5.69 Å². The summed E-state index contributed by atoms with van der Waals surface area (Å²) in [5.74, 6) is 0. The van der Waals surface area contributed by atoms with Crippen LogP contribution >= 0.6 is 0 Å². The van der Waals surface area contributed by atoms with Crippen molar-refractivity contribution in [2.24, 2.45) is 5.41 Å². The Balaban J connectivity index is 2.02. The van der Waals surface area contributed by atoms with Crippen molar-refractivity contribution in [1.82, 2.24) is 10.3 Å². The fourth-order valence-corrected chi connectivity index (χ4v) is 3.43. The Bertz CT molecular complexity index is 416. The highest BCUT2D eigenvalue weighted by atomic mass is 15.1. The number of pyridine rings is 1. The van der Waals surface area contributed by atoms with Crippen LogP contribution in [0.2, 0.25) is 0 Å². The number of nitrogens with one attached hydrogen (secondary N) is 1. The van der Waals surface area contributed by atoms with Gasteiger partial charge in [0.05, 0.1) is 11.9 Å². The molecule has 1 aromatic heterocycles. The maximum atomic E-state index is 4.36. The number of hydrogen-bond acceptors (Lipinski definition) is 3. The molecule has 0 aromatic carbocycles. The van der Waals surface area contributed by atoms with E-state index in [1.54, 1.807) is 0 Å². The van der Waals surface area contributed by atoms with Gasteiger partial charge >= 0.3 is 0 Å². The molecule has 3 nitrogen and oxygen atoms in total. The van der Waals surface area contributed by atoms with Crippen molar-refractivity contribution in [1.29, 1.82) is 0 Å². The van der Waals surface area contributed by atoms with E-state index in [4.69, 9.17) is 0 Å². The molecule has 2 rings (SSSR count). The van der Waals surface area contributed by atoms with E-state index in [1.165, 1.54) is 56.4 Å². The predicted molar refractivity (Wildman–Crippen MR) is 90.7 cm³/mol. The van der Waals surface area contributed by atoms with Gasteiger partial charge in [0.1, 0.15) is 0 Å². The van der Waals surface area contributed by atoms with Crippen LogP contribution in [0.4, 0.5) is 5.69 Å². The molecule has 1 aliphatic heterocycles. The molecular weight excluding hydrogens is 258 g/mol. The molecule has 1 aliphatic rings. The van der Waals surface area contributed by atoms with E-state index in [1.807, 2.05) is 12.4 Å². The normalized spacial score (nSPS) is 18.0. The highest BCUT2D eigenvalue weighted by Gasteiger charge is 2.31. The first-order valence-corrected chi connectivity index (χ1v) is 8.63. The molecule has 3 heteroatoms. The van der Waals surface area contributed by atoms with Crippen molar-refractivity contribution in [3.05, 3.63) is 24.0 Å². The van der Waals surface area contributed by atoms with Crippen molar-refractivity contribution in [3.8, 4) is 0 Å². The number of aromatic nitrogens is 1. The Morgan fingerprint density at radius 3 is 2.52 bits per heavy atom. The summed E-state index contributed by atoms with van der Waals surface area (Å²) in [6, 6.07) is 2.17. The fourth-order valence-electron chi connectivity index (χ4n) is 3.43. The van der Waals surface area contributed by atoms with E-state index >= 15 is 0 Å². The molecule has 0 saturated carbocycles. The third-order valence-electron chi connectivity index (χ3n) is 5.29. The average Bonchev–Trinajstić information content (AvgIpc) is 2.56. The second-order valence-electron chi connectivity index (χ2n) is 6.38. The van der Waals surface area contributed by atoms with Crippen LogP contribution in [0.15, 0.2) is 18.5 Å². The minimum Gasteiger partial charge on any atom is -0.370 e. The summed E-state index contributed by atoms with van der Waals surface area (Å²) in [5.41, 5.74) is 3.31. The number of piperidine rings is 1. The summed E-state index contributed by atoms with van der Waals surface area (Å²) in [5, 5.41) is 3.51. The van der Waals surface area contributed by atoms with Crippen LogP contribution in [0, 0.1) is 5.41 Å². The molecule has 0 radical (unpaired) electrons. The molecule has 0 spiro atoms. The van der Waals surface area contributed by atoms with Crippen molar-refractivity contribution in [2.45, 2.75) is 59.4 Å². The highest BCUT2D eigenvalue weighted by Crippen LogP contribution is 2.39. The molecule has 0 atom stereocenters. The molecule has 2 heterocycles. The molecule has 0 amide bonds. The summed E-state index contributed by atoms with van der Waals surface area (Å²) < 4.78 is 0. The monoisotopic (exact) mass is 289 g/mol. The Morgan fingerprint density at radius 2 is 1.90 bits per heavy atom. The minimum absolute atomic E-state index is 0.583. The minimum atomic E-state index is 0.583. The van der Waals surface area contributed by atoms with Gasteiger partial charge in [-0.15, -0.1) is 0 Å². The topological polar surface area (TPSA) is 28.2 Å². The molecule has 1 saturated heterocycles. The van der Waals surface area contributed by atoms with Crippen LogP contribution in [0.1, 0.15) is 58.4 Å². The Kier molecular flexibility index (Phi) is 6.04. The molecule has 0 aliphatic carbocycles. The molecule has 0 unspecified atom stereocenters. The first-order valence-electron chi connectivity index (χ1n) is 8.63. The maximum absolute atomic E-state index is 4.36. The van der Waals surface area contributed by atoms with Crippen LogP contribution in [-0.4, -0.2) is 24.6 Å². The van der Waals surface area contributed by atoms with Crippen molar-refractivity contribution < 1.29 is 0 Å². The van der Waals surface area contributed by atoms with Gasteiger partial charge in [-0.2, -0.15) is 0 Å². The van der Waals surface area contributed by atoms with Gasteiger partial charge in [-0.05, 0) is 42.9 Å². The second-order valence-corrected chi connectivity index (χ2v) is 6.38.